The quantitative estimate of drug-likeness (QED) is 0.736. The van der Waals surface area contributed by atoms with Crippen LogP contribution in [0.5, 0.6) is 0 Å². The summed E-state index contributed by atoms with van der Waals surface area (Å²) in [5, 5.41) is 0. The van der Waals surface area contributed by atoms with Crippen LogP contribution in [0, 0.1) is 10.5 Å². The molecule has 0 radical (unpaired) electrons. The van der Waals surface area contributed by atoms with E-state index in [1.165, 1.54) is 14.7 Å². The van der Waals surface area contributed by atoms with E-state index in [2.05, 4.69) is 64.8 Å². The van der Waals surface area contributed by atoms with Gasteiger partial charge in [0.05, 0.1) is 6.54 Å². The normalized spacial score (nSPS) is 18.0. The van der Waals surface area contributed by atoms with Gasteiger partial charge in [0.2, 0.25) is 5.90 Å². The van der Waals surface area contributed by atoms with Gasteiger partial charge in [-0.3, -0.25) is 0 Å². The Balaban J connectivity index is 1.84. The number of nitrogens with zero attached hydrogens (tertiary/aromatic N) is 1. The van der Waals surface area contributed by atoms with Crippen molar-refractivity contribution in [3.8, 4) is 0 Å². The van der Waals surface area contributed by atoms with Crippen LogP contribution < -0.4 is 0 Å². The van der Waals surface area contributed by atoms with Crippen molar-refractivity contribution in [2.45, 2.75) is 13.0 Å². The predicted octanol–water partition coefficient (Wildman–Crippen LogP) is 4.12. The highest BCUT2D eigenvalue weighted by Gasteiger charge is 2.23. The van der Waals surface area contributed by atoms with E-state index in [4.69, 9.17) is 4.74 Å². The second-order valence-electron chi connectivity index (χ2n) is 4.60. The minimum Gasteiger partial charge on any atom is -0.467 e. The van der Waals surface area contributed by atoms with Crippen LogP contribution in [-0.4, -0.2) is 12.4 Å². The topological polar surface area (TPSA) is 21.6 Å². The molecular formula is C16H14INO. The molecule has 19 heavy (non-hydrogen) atoms. The summed E-state index contributed by atoms with van der Waals surface area (Å²) >= 11 is 2.36. The first-order valence-corrected chi connectivity index (χ1v) is 7.35. The highest BCUT2D eigenvalue weighted by molar-refractivity contribution is 14.1. The summed E-state index contributed by atoms with van der Waals surface area (Å²) in [4.78, 5) is 4.56. The van der Waals surface area contributed by atoms with Gasteiger partial charge in [-0.05, 0) is 46.7 Å². The number of rotatable bonds is 2. The Kier molecular flexibility index (Phi) is 3.55. The summed E-state index contributed by atoms with van der Waals surface area (Å²) in [5.74, 6) is 0.766. The van der Waals surface area contributed by atoms with Crippen molar-refractivity contribution < 1.29 is 4.74 Å². The number of aryl methyl sites for hydroxylation is 1. The van der Waals surface area contributed by atoms with Crippen molar-refractivity contribution in [1.29, 1.82) is 0 Å². The molecule has 1 atom stereocenters. The van der Waals surface area contributed by atoms with Gasteiger partial charge in [-0.25, -0.2) is 4.99 Å². The van der Waals surface area contributed by atoms with Crippen LogP contribution in [0.3, 0.4) is 0 Å². The highest BCUT2D eigenvalue weighted by Crippen LogP contribution is 2.27. The molecule has 0 fully saturated rings. The second kappa shape index (κ2) is 5.33. The number of ether oxygens (including phenoxy) is 1. The Morgan fingerprint density at radius 2 is 1.89 bits per heavy atom. The zero-order chi connectivity index (χ0) is 13.2. The molecule has 3 heteroatoms. The first kappa shape index (κ1) is 12.7. The number of hydrogen-bond acceptors (Lipinski definition) is 2. The first-order chi connectivity index (χ1) is 9.25. The van der Waals surface area contributed by atoms with Crippen molar-refractivity contribution in [2.24, 2.45) is 4.99 Å². The molecule has 2 aromatic rings. The van der Waals surface area contributed by atoms with E-state index in [0.717, 1.165) is 11.5 Å². The molecule has 0 unspecified atom stereocenters. The standard InChI is InChI=1S/C16H14INO/c1-11-6-5-9-13(15(11)17)16-18-10-14(19-16)12-7-3-2-4-8-12/h2-9,14H,10H2,1H3/t14-/m0/s1. The summed E-state index contributed by atoms with van der Waals surface area (Å²) in [5.41, 5.74) is 3.54. The first-order valence-electron chi connectivity index (χ1n) is 6.27. The molecule has 1 aliphatic heterocycles. The third kappa shape index (κ3) is 2.52. The van der Waals surface area contributed by atoms with Gasteiger partial charge in [0.25, 0.3) is 0 Å². The van der Waals surface area contributed by atoms with Crippen LogP contribution in [0.4, 0.5) is 0 Å². The van der Waals surface area contributed by atoms with E-state index in [9.17, 15) is 0 Å². The van der Waals surface area contributed by atoms with Gasteiger partial charge < -0.3 is 4.74 Å². The summed E-state index contributed by atoms with van der Waals surface area (Å²) < 4.78 is 7.23. The lowest BCUT2D eigenvalue weighted by atomic mass is 10.1. The average molecular weight is 363 g/mol. The van der Waals surface area contributed by atoms with Gasteiger partial charge >= 0.3 is 0 Å². The molecule has 0 spiro atoms. The van der Waals surface area contributed by atoms with Crippen LogP contribution >= 0.6 is 22.6 Å². The smallest absolute Gasteiger partial charge is 0.217 e. The Bertz CT molecular complexity index is 622. The van der Waals surface area contributed by atoms with E-state index in [-0.39, 0.29) is 6.10 Å². The van der Waals surface area contributed by atoms with Crippen LogP contribution in [0.25, 0.3) is 0 Å². The van der Waals surface area contributed by atoms with E-state index in [0.29, 0.717) is 6.54 Å². The van der Waals surface area contributed by atoms with Gasteiger partial charge in [0, 0.05) is 9.13 Å². The largest absolute Gasteiger partial charge is 0.467 e. The van der Waals surface area contributed by atoms with Crippen LogP contribution in [0.2, 0.25) is 0 Å². The lowest BCUT2D eigenvalue weighted by molar-refractivity contribution is 0.230. The minimum absolute atomic E-state index is 0.0486. The number of hydrogen-bond donors (Lipinski definition) is 0. The van der Waals surface area contributed by atoms with E-state index in [1.54, 1.807) is 0 Å². The Morgan fingerprint density at radius 1 is 1.11 bits per heavy atom. The highest BCUT2D eigenvalue weighted by atomic mass is 127. The lowest BCUT2D eigenvalue weighted by Gasteiger charge is -2.12. The number of halogens is 1. The van der Waals surface area contributed by atoms with Crippen molar-refractivity contribution in [2.75, 3.05) is 6.54 Å². The van der Waals surface area contributed by atoms with Gasteiger partial charge in [-0.15, -0.1) is 0 Å². The molecule has 2 nitrogen and oxygen atoms in total. The van der Waals surface area contributed by atoms with Gasteiger partial charge in [-0.1, -0.05) is 42.5 Å². The Hall–Kier alpha value is -1.36. The van der Waals surface area contributed by atoms with E-state index in [1.807, 2.05) is 18.2 Å². The Morgan fingerprint density at radius 3 is 2.68 bits per heavy atom. The van der Waals surface area contributed by atoms with Gasteiger partial charge in [0.15, 0.2) is 0 Å². The van der Waals surface area contributed by atoms with E-state index < -0.39 is 0 Å². The van der Waals surface area contributed by atoms with Crippen LogP contribution in [-0.2, 0) is 4.74 Å². The zero-order valence-corrected chi connectivity index (χ0v) is 12.8. The van der Waals surface area contributed by atoms with Crippen LogP contribution in [0.1, 0.15) is 22.8 Å². The molecule has 0 N–H and O–H groups in total. The molecule has 0 aromatic heterocycles. The lowest BCUT2D eigenvalue weighted by Crippen LogP contribution is -2.08. The average Bonchev–Trinajstić information content (AvgIpc) is 2.92. The fourth-order valence-electron chi connectivity index (χ4n) is 2.18. The monoisotopic (exact) mass is 363 g/mol. The maximum atomic E-state index is 6.01. The fourth-order valence-corrected chi connectivity index (χ4v) is 2.77. The minimum atomic E-state index is 0.0486. The van der Waals surface area contributed by atoms with Gasteiger partial charge in [0.1, 0.15) is 6.10 Å². The number of aliphatic imine (C=N–C) groups is 1. The van der Waals surface area contributed by atoms with Gasteiger partial charge in [-0.2, -0.15) is 0 Å². The van der Waals surface area contributed by atoms with Crippen LogP contribution in [0.15, 0.2) is 53.5 Å². The molecule has 2 aromatic carbocycles. The third-order valence-electron chi connectivity index (χ3n) is 3.25. The maximum absolute atomic E-state index is 6.01. The molecule has 0 amide bonds. The molecule has 0 saturated carbocycles. The van der Waals surface area contributed by atoms with E-state index >= 15 is 0 Å². The van der Waals surface area contributed by atoms with Crippen molar-refractivity contribution in [3.05, 3.63) is 68.8 Å². The summed E-state index contributed by atoms with van der Waals surface area (Å²) in [6.07, 6.45) is 0.0486. The second-order valence-corrected chi connectivity index (χ2v) is 5.68. The van der Waals surface area contributed by atoms with Crippen molar-refractivity contribution >= 4 is 28.5 Å². The molecule has 96 valence electrons. The summed E-state index contributed by atoms with van der Waals surface area (Å²) in [6.45, 7) is 2.80. The molecule has 1 aliphatic rings. The SMILES string of the molecule is Cc1cccc(C2=NC[C@@H](c3ccccc3)O2)c1I. The summed E-state index contributed by atoms with van der Waals surface area (Å²) in [7, 11) is 0. The maximum Gasteiger partial charge on any atom is 0.217 e. The Labute approximate surface area is 126 Å². The zero-order valence-electron chi connectivity index (χ0n) is 10.6. The summed E-state index contributed by atoms with van der Waals surface area (Å²) in [6, 6.07) is 16.5. The molecule has 0 aliphatic carbocycles. The molecule has 3 rings (SSSR count). The van der Waals surface area contributed by atoms with Crippen molar-refractivity contribution in [1.82, 2.24) is 0 Å². The molecule has 0 bridgehead atoms. The van der Waals surface area contributed by atoms with Crippen molar-refractivity contribution in [3.63, 3.8) is 0 Å². The fraction of sp³-hybridized carbons (Fsp3) is 0.188. The third-order valence-corrected chi connectivity index (χ3v) is 4.68. The molecule has 0 saturated heterocycles. The number of benzene rings is 2. The molecule has 1 heterocycles. The predicted molar refractivity (Wildman–Crippen MR) is 85.6 cm³/mol. The molecular weight excluding hydrogens is 349 g/mol.